The van der Waals surface area contributed by atoms with E-state index in [-0.39, 0.29) is 29.8 Å². The van der Waals surface area contributed by atoms with Crippen LogP contribution in [0.3, 0.4) is 0 Å². The standard InChI is InChI=1S/C15H18N2O5/c1-9-7-12(5-6-13(9)17(20)21)15(19)22-8-14(18)16-10(2)11-3-4-11/h5-7,10-11H,3-4,8H2,1-2H3,(H,16,18)/t10-/m1/s1. The van der Waals surface area contributed by atoms with E-state index in [1.165, 1.54) is 18.2 Å². The van der Waals surface area contributed by atoms with Crippen LogP contribution in [0.15, 0.2) is 18.2 Å². The predicted octanol–water partition coefficient (Wildman–Crippen LogP) is 1.97. The van der Waals surface area contributed by atoms with Crippen molar-refractivity contribution in [2.24, 2.45) is 5.92 Å². The molecule has 0 saturated heterocycles. The van der Waals surface area contributed by atoms with Gasteiger partial charge in [0.05, 0.1) is 10.5 Å². The summed E-state index contributed by atoms with van der Waals surface area (Å²) in [5, 5.41) is 13.5. The number of benzene rings is 1. The topological polar surface area (TPSA) is 98.5 Å². The first-order valence-corrected chi connectivity index (χ1v) is 7.10. The first-order valence-electron chi connectivity index (χ1n) is 7.10. The Balaban J connectivity index is 1.87. The molecule has 1 aliphatic rings. The van der Waals surface area contributed by atoms with Gasteiger partial charge in [0.2, 0.25) is 0 Å². The average Bonchev–Trinajstić information content (AvgIpc) is 3.28. The van der Waals surface area contributed by atoms with E-state index in [2.05, 4.69) is 5.32 Å². The number of aryl methyl sites for hydroxylation is 1. The molecular weight excluding hydrogens is 288 g/mol. The van der Waals surface area contributed by atoms with Gasteiger partial charge in [0.25, 0.3) is 11.6 Å². The minimum absolute atomic E-state index is 0.0625. The van der Waals surface area contributed by atoms with Crippen LogP contribution in [0.4, 0.5) is 5.69 Å². The zero-order valence-corrected chi connectivity index (χ0v) is 12.5. The molecule has 0 aromatic heterocycles. The number of nitrogens with one attached hydrogen (secondary N) is 1. The largest absolute Gasteiger partial charge is 0.452 e. The second-order valence-electron chi connectivity index (χ2n) is 5.53. The van der Waals surface area contributed by atoms with Crippen LogP contribution in [-0.4, -0.2) is 29.4 Å². The number of carbonyl (C=O) groups is 2. The Morgan fingerprint density at radius 3 is 2.68 bits per heavy atom. The molecule has 1 atom stereocenters. The van der Waals surface area contributed by atoms with Crippen molar-refractivity contribution in [3.05, 3.63) is 39.4 Å². The summed E-state index contributed by atoms with van der Waals surface area (Å²) in [6, 6.07) is 4.04. The molecular formula is C15H18N2O5. The zero-order chi connectivity index (χ0) is 16.3. The number of carbonyl (C=O) groups excluding carboxylic acids is 2. The summed E-state index contributed by atoms with van der Waals surface area (Å²) in [4.78, 5) is 33.7. The van der Waals surface area contributed by atoms with Gasteiger partial charge in [-0.05, 0) is 44.7 Å². The third-order valence-electron chi connectivity index (χ3n) is 3.68. The number of rotatable bonds is 6. The molecule has 1 saturated carbocycles. The Bertz CT molecular complexity index is 610. The van der Waals surface area contributed by atoms with Crippen LogP contribution in [0.5, 0.6) is 0 Å². The fraction of sp³-hybridized carbons (Fsp3) is 0.467. The van der Waals surface area contributed by atoms with Crippen LogP contribution >= 0.6 is 0 Å². The van der Waals surface area contributed by atoms with Crippen molar-refractivity contribution >= 4 is 17.6 Å². The molecule has 2 rings (SSSR count). The Morgan fingerprint density at radius 1 is 1.45 bits per heavy atom. The third-order valence-corrected chi connectivity index (χ3v) is 3.68. The molecule has 1 N–H and O–H groups in total. The SMILES string of the molecule is Cc1cc(C(=O)OCC(=O)N[C@H](C)C2CC2)ccc1[N+](=O)[O-]. The highest BCUT2D eigenvalue weighted by Gasteiger charge is 2.29. The summed E-state index contributed by atoms with van der Waals surface area (Å²) in [6.45, 7) is 3.11. The fourth-order valence-corrected chi connectivity index (χ4v) is 2.21. The van der Waals surface area contributed by atoms with Crippen LogP contribution in [0.2, 0.25) is 0 Å². The van der Waals surface area contributed by atoms with E-state index in [1.807, 2.05) is 6.92 Å². The molecule has 22 heavy (non-hydrogen) atoms. The van der Waals surface area contributed by atoms with Gasteiger partial charge in [-0.15, -0.1) is 0 Å². The highest BCUT2D eigenvalue weighted by molar-refractivity contribution is 5.91. The fourth-order valence-electron chi connectivity index (χ4n) is 2.21. The van der Waals surface area contributed by atoms with Crippen molar-refractivity contribution in [3.63, 3.8) is 0 Å². The molecule has 0 spiro atoms. The van der Waals surface area contributed by atoms with Gasteiger partial charge < -0.3 is 10.1 Å². The first-order chi connectivity index (χ1) is 10.4. The number of nitrogens with zero attached hydrogens (tertiary/aromatic N) is 1. The normalized spacial score (nSPS) is 15.0. The minimum atomic E-state index is -0.674. The van der Waals surface area contributed by atoms with Gasteiger partial charge in [-0.2, -0.15) is 0 Å². The number of nitro groups is 1. The number of nitro benzene ring substituents is 1. The Labute approximate surface area is 127 Å². The van der Waals surface area contributed by atoms with Crippen LogP contribution in [0, 0.1) is 23.0 Å². The zero-order valence-electron chi connectivity index (χ0n) is 12.5. The predicted molar refractivity (Wildman–Crippen MR) is 78.4 cm³/mol. The van der Waals surface area contributed by atoms with E-state index in [9.17, 15) is 19.7 Å². The Hall–Kier alpha value is -2.44. The van der Waals surface area contributed by atoms with Gasteiger partial charge in [0.15, 0.2) is 6.61 Å². The van der Waals surface area contributed by atoms with Gasteiger partial charge in [0, 0.05) is 17.7 Å². The lowest BCUT2D eigenvalue weighted by molar-refractivity contribution is -0.385. The van der Waals surface area contributed by atoms with Gasteiger partial charge in [-0.1, -0.05) is 0 Å². The van der Waals surface area contributed by atoms with E-state index in [1.54, 1.807) is 6.92 Å². The van der Waals surface area contributed by atoms with Crippen LogP contribution in [0.1, 0.15) is 35.7 Å². The molecule has 0 unspecified atom stereocenters. The van der Waals surface area contributed by atoms with E-state index in [0.717, 1.165) is 12.8 Å². The lowest BCUT2D eigenvalue weighted by atomic mass is 10.1. The van der Waals surface area contributed by atoms with Gasteiger partial charge in [0.1, 0.15) is 0 Å². The Morgan fingerprint density at radius 2 is 2.14 bits per heavy atom. The second kappa shape index (κ2) is 6.55. The van der Waals surface area contributed by atoms with E-state index < -0.39 is 10.9 Å². The maximum atomic E-state index is 11.8. The summed E-state index contributed by atoms with van der Waals surface area (Å²) >= 11 is 0. The summed E-state index contributed by atoms with van der Waals surface area (Å²) in [7, 11) is 0. The molecule has 1 amide bonds. The summed E-state index contributed by atoms with van der Waals surface area (Å²) in [5.74, 6) is -0.490. The second-order valence-corrected chi connectivity index (χ2v) is 5.53. The molecule has 1 aromatic rings. The number of hydrogen-bond acceptors (Lipinski definition) is 5. The van der Waals surface area contributed by atoms with Crippen molar-refractivity contribution in [1.82, 2.24) is 5.32 Å². The van der Waals surface area contributed by atoms with Gasteiger partial charge >= 0.3 is 5.97 Å². The van der Waals surface area contributed by atoms with E-state index >= 15 is 0 Å². The third kappa shape index (κ3) is 4.03. The lowest BCUT2D eigenvalue weighted by Gasteiger charge is -2.12. The monoisotopic (exact) mass is 306 g/mol. The number of hydrogen-bond donors (Lipinski definition) is 1. The highest BCUT2D eigenvalue weighted by atomic mass is 16.6. The van der Waals surface area contributed by atoms with Crippen molar-refractivity contribution in [1.29, 1.82) is 0 Å². The summed E-state index contributed by atoms with van der Waals surface area (Å²) in [5.41, 5.74) is 0.491. The van der Waals surface area contributed by atoms with Crippen LogP contribution in [0.25, 0.3) is 0 Å². The van der Waals surface area contributed by atoms with Crippen LogP contribution in [-0.2, 0) is 9.53 Å². The van der Waals surface area contributed by atoms with Crippen molar-refractivity contribution < 1.29 is 19.2 Å². The summed E-state index contributed by atoms with van der Waals surface area (Å²) < 4.78 is 4.93. The average molecular weight is 306 g/mol. The molecule has 7 heteroatoms. The summed E-state index contributed by atoms with van der Waals surface area (Å²) in [6.07, 6.45) is 2.23. The molecule has 0 bridgehead atoms. The minimum Gasteiger partial charge on any atom is -0.452 e. The molecule has 1 aliphatic carbocycles. The molecule has 0 aliphatic heterocycles. The number of esters is 1. The quantitative estimate of drug-likeness (QED) is 0.492. The van der Waals surface area contributed by atoms with Crippen molar-refractivity contribution in [3.8, 4) is 0 Å². The molecule has 0 heterocycles. The van der Waals surface area contributed by atoms with Crippen molar-refractivity contribution in [2.45, 2.75) is 32.7 Å². The van der Waals surface area contributed by atoms with Gasteiger partial charge in [-0.25, -0.2) is 4.79 Å². The molecule has 118 valence electrons. The molecule has 1 fully saturated rings. The Kier molecular flexibility index (Phi) is 4.75. The van der Waals surface area contributed by atoms with Crippen LogP contribution < -0.4 is 5.32 Å². The molecule has 0 radical (unpaired) electrons. The maximum Gasteiger partial charge on any atom is 0.338 e. The number of ether oxygens (including phenoxy) is 1. The van der Waals surface area contributed by atoms with Gasteiger partial charge in [-0.3, -0.25) is 14.9 Å². The van der Waals surface area contributed by atoms with E-state index in [0.29, 0.717) is 11.5 Å². The number of amides is 1. The maximum absolute atomic E-state index is 11.8. The lowest BCUT2D eigenvalue weighted by Crippen LogP contribution is -2.37. The molecule has 1 aromatic carbocycles. The molecule has 7 nitrogen and oxygen atoms in total. The smallest absolute Gasteiger partial charge is 0.338 e. The first kappa shape index (κ1) is 15.9. The highest BCUT2D eigenvalue weighted by Crippen LogP contribution is 2.32. The van der Waals surface area contributed by atoms with Crippen molar-refractivity contribution in [2.75, 3.05) is 6.61 Å². The van der Waals surface area contributed by atoms with E-state index in [4.69, 9.17) is 4.74 Å².